The van der Waals surface area contributed by atoms with Crippen molar-refractivity contribution in [3.05, 3.63) is 17.5 Å². The number of hydrogen-bond donors (Lipinski definition) is 1. The van der Waals surface area contributed by atoms with Crippen LogP contribution in [-0.4, -0.2) is 14.9 Å². The lowest BCUT2D eigenvalue weighted by Gasteiger charge is -2.08. The van der Waals surface area contributed by atoms with Crippen molar-refractivity contribution >= 4 is 0 Å². The summed E-state index contributed by atoms with van der Waals surface area (Å²) in [7, 11) is 1.86. The van der Waals surface area contributed by atoms with Gasteiger partial charge in [0, 0.05) is 13.5 Å². The van der Waals surface area contributed by atoms with E-state index in [4.69, 9.17) is 0 Å². The molecule has 0 saturated heterocycles. The maximum atomic E-state index is 9.91. The minimum absolute atomic E-state index is 0.455. The molecule has 0 aliphatic carbocycles. The Balaban J connectivity index is 2.66. The monoisotopic (exact) mass is 206 g/mol. The summed E-state index contributed by atoms with van der Waals surface area (Å²) < 4.78 is 1.75. The Morgan fingerprint density at radius 3 is 2.87 bits per heavy atom. The summed E-state index contributed by atoms with van der Waals surface area (Å²) in [5.74, 6) is 5.77. The predicted octanol–water partition coefficient (Wildman–Crippen LogP) is 1.82. The standard InChI is InChI=1S/C12H18N2O/c1-4-6-7-8-12(15)11-9-10(5-2)13-14(11)3/h9,12,15H,5,7-8H2,1-3H3. The Morgan fingerprint density at radius 1 is 1.60 bits per heavy atom. The van der Waals surface area contributed by atoms with Crippen molar-refractivity contribution in [3.8, 4) is 11.8 Å². The molecule has 1 atom stereocenters. The summed E-state index contributed by atoms with van der Waals surface area (Å²) in [4.78, 5) is 0. The largest absolute Gasteiger partial charge is 0.387 e. The van der Waals surface area contributed by atoms with Crippen LogP contribution in [0.4, 0.5) is 0 Å². The zero-order valence-corrected chi connectivity index (χ0v) is 9.62. The van der Waals surface area contributed by atoms with Crippen LogP contribution in [0.25, 0.3) is 0 Å². The summed E-state index contributed by atoms with van der Waals surface area (Å²) in [6.07, 6.45) is 1.84. The molecule has 1 N–H and O–H groups in total. The van der Waals surface area contributed by atoms with Gasteiger partial charge in [0.1, 0.15) is 0 Å². The van der Waals surface area contributed by atoms with Gasteiger partial charge in [-0.05, 0) is 25.8 Å². The maximum Gasteiger partial charge on any atom is 0.0965 e. The minimum Gasteiger partial charge on any atom is -0.387 e. The third-order valence-corrected chi connectivity index (χ3v) is 2.39. The highest BCUT2D eigenvalue weighted by Gasteiger charge is 2.12. The van der Waals surface area contributed by atoms with E-state index >= 15 is 0 Å². The van der Waals surface area contributed by atoms with E-state index in [-0.39, 0.29) is 0 Å². The van der Waals surface area contributed by atoms with E-state index in [0.29, 0.717) is 6.42 Å². The molecule has 1 aromatic heterocycles. The fourth-order valence-electron chi connectivity index (χ4n) is 1.51. The van der Waals surface area contributed by atoms with Gasteiger partial charge in [0.05, 0.1) is 17.5 Å². The van der Waals surface area contributed by atoms with Gasteiger partial charge in [0.15, 0.2) is 0 Å². The highest BCUT2D eigenvalue weighted by atomic mass is 16.3. The van der Waals surface area contributed by atoms with E-state index < -0.39 is 6.10 Å². The third kappa shape index (κ3) is 3.10. The van der Waals surface area contributed by atoms with Crippen LogP contribution in [0.3, 0.4) is 0 Å². The fraction of sp³-hybridized carbons (Fsp3) is 0.583. The molecule has 3 nitrogen and oxygen atoms in total. The Kier molecular flexibility index (Phi) is 4.38. The van der Waals surface area contributed by atoms with Gasteiger partial charge in [-0.25, -0.2) is 0 Å². The Morgan fingerprint density at radius 2 is 2.33 bits per heavy atom. The lowest BCUT2D eigenvalue weighted by Crippen LogP contribution is -2.04. The van der Waals surface area contributed by atoms with Gasteiger partial charge < -0.3 is 5.11 Å². The highest BCUT2D eigenvalue weighted by molar-refractivity contribution is 5.13. The van der Waals surface area contributed by atoms with Crippen molar-refractivity contribution in [1.82, 2.24) is 9.78 Å². The summed E-state index contributed by atoms with van der Waals surface area (Å²) in [5, 5.41) is 14.2. The van der Waals surface area contributed by atoms with Crippen molar-refractivity contribution in [2.24, 2.45) is 7.05 Å². The molecular formula is C12H18N2O. The molecular weight excluding hydrogens is 188 g/mol. The van der Waals surface area contributed by atoms with Crippen molar-refractivity contribution in [1.29, 1.82) is 0 Å². The quantitative estimate of drug-likeness (QED) is 0.763. The van der Waals surface area contributed by atoms with E-state index in [1.165, 1.54) is 0 Å². The van der Waals surface area contributed by atoms with Crippen LogP contribution >= 0.6 is 0 Å². The first-order valence-electron chi connectivity index (χ1n) is 5.29. The predicted molar refractivity (Wildman–Crippen MR) is 60.2 cm³/mol. The lowest BCUT2D eigenvalue weighted by atomic mass is 10.1. The average molecular weight is 206 g/mol. The van der Waals surface area contributed by atoms with Crippen LogP contribution in [0.15, 0.2) is 6.07 Å². The van der Waals surface area contributed by atoms with Gasteiger partial charge in [-0.3, -0.25) is 4.68 Å². The Labute approximate surface area is 91.1 Å². The molecule has 0 bridgehead atoms. The van der Waals surface area contributed by atoms with Gasteiger partial charge in [0.25, 0.3) is 0 Å². The van der Waals surface area contributed by atoms with Gasteiger partial charge in [-0.15, -0.1) is 11.8 Å². The van der Waals surface area contributed by atoms with Crippen molar-refractivity contribution < 1.29 is 5.11 Å². The van der Waals surface area contributed by atoms with Gasteiger partial charge in [-0.2, -0.15) is 5.10 Å². The zero-order valence-electron chi connectivity index (χ0n) is 9.62. The number of rotatable bonds is 4. The molecule has 1 unspecified atom stereocenters. The molecule has 1 aromatic rings. The molecule has 1 rings (SSSR count). The Bertz CT molecular complexity index is 371. The second-order valence-corrected chi connectivity index (χ2v) is 3.52. The minimum atomic E-state index is -0.455. The van der Waals surface area contributed by atoms with Crippen molar-refractivity contribution in [2.75, 3.05) is 0 Å². The summed E-state index contributed by atoms with van der Waals surface area (Å²) in [5.41, 5.74) is 1.90. The molecule has 0 aliphatic heterocycles. The molecule has 0 spiro atoms. The number of aromatic nitrogens is 2. The number of aliphatic hydroxyl groups is 1. The molecule has 15 heavy (non-hydrogen) atoms. The SMILES string of the molecule is CC#CCCC(O)c1cc(CC)nn1C. The van der Waals surface area contributed by atoms with Gasteiger partial charge in [0.2, 0.25) is 0 Å². The molecule has 0 amide bonds. The van der Waals surface area contributed by atoms with Crippen LogP contribution in [0, 0.1) is 11.8 Å². The van der Waals surface area contributed by atoms with Crippen LogP contribution in [-0.2, 0) is 13.5 Å². The topological polar surface area (TPSA) is 38.1 Å². The van der Waals surface area contributed by atoms with Crippen LogP contribution < -0.4 is 0 Å². The zero-order chi connectivity index (χ0) is 11.3. The highest BCUT2D eigenvalue weighted by Crippen LogP contribution is 2.18. The van der Waals surface area contributed by atoms with E-state index in [9.17, 15) is 5.11 Å². The second-order valence-electron chi connectivity index (χ2n) is 3.52. The van der Waals surface area contributed by atoms with Crippen molar-refractivity contribution in [2.45, 2.75) is 39.2 Å². The summed E-state index contributed by atoms with van der Waals surface area (Å²) in [6.45, 7) is 3.87. The van der Waals surface area contributed by atoms with E-state index in [0.717, 1.165) is 24.2 Å². The maximum absolute atomic E-state index is 9.91. The normalized spacial score (nSPS) is 12.0. The first-order chi connectivity index (χ1) is 7.19. The molecule has 82 valence electrons. The molecule has 3 heteroatoms. The second kappa shape index (κ2) is 5.57. The average Bonchev–Trinajstić information content (AvgIpc) is 2.60. The van der Waals surface area contributed by atoms with E-state index in [2.05, 4.69) is 23.9 Å². The first-order valence-corrected chi connectivity index (χ1v) is 5.29. The van der Waals surface area contributed by atoms with Gasteiger partial charge >= 0.3 is 0 Å². The molecule has 0 radical (unpaired) electrons. The third-order valence-electron chi connectivity index (χ3n) is 2.39. The van der Waals surface area contributed by atoms with E-state index in [1.807, 2.05) is 20.0 Å². The van der Waals surface area contributed by atoms with Crippen LogP contribution in [0.5, 0.6) is 0 Å². The van der Waals surface area contributed by atoms with Crippen LogP contribution in [0.2, 0.25) is 0 Å². The smallest absolute Gasteiger partial charge is 0.0965 e. The Hall–Kier alpha value is -1.27. The summed E-state index contributed by atoms with van der Waals surface area (Å²) in [6, 6.07) is 1.96. The fourth-order valence-corrected chi connectivity index (χ4v) is 1.51. The number of nitrogens with zero attached hydrogens (tertiary/aromatic N) is 2. The van der Waals surface area contributed by atoms with E-state index in [1.54, 1.807) is 4.68 Å². The lowest BCUT2D eigenvalue weighted by molar-refractivity contribution is 0.160. The molecule has 0 aromatic carbocycles. The molecule has 0 fully saturated rings. The summed E-state index contributed by atoms with van der Waals surface area (Å²) >= 11 is 0. The van der Waals surface area contributed by atoms with Gasteiger partial charge in [-0.1, -0.05) is 6.92 Å². The number of aryl methyl sites for hydroxylation is 2. The van der Waals surface area contributed by atoms with Crippen molar-refractivity contribution in [3.63, 3.8) is 0 Å². The molecule has 0 saturated carbocycles. The molecule has 1 heterocycles. The van der Waals surface area contributed by atoms with Crippen LogP contribution in [0.1, 0.15) is 44.2 Å². The molecule has 0 aliphatic rings. The number of hydrogen-bond acceptors (Lipinski definition) is 2. The number of aliphatic hydroxyl groups excluding tert-OH is 1. The first kappa shape index (κ1) is 11.8.